The molecule has 6 nitrogen and oxygen atoms in total. The maximum atomic E-state index is 10.7. The zero-order valence-corrected chi connectivity index (χ0v) is 10.9. The highest BCUT2D eigenvalue weighted by Crippen LogP contribution is 2.25. The van der Waals surface area contributed by atoms with Crippen LogP contribution in [0.25, 0.3) is 0 Å². The molecule has 0 unspecified atom stereocenters. The molecule has 0 saturated carbocycles. The number of ether oxygens (including phenoxy) is 1. The molecule has 7 heteroatoms. The molecule has 0 saturated heterocycles. The zero-order valence-electron chi connectivity index (χ0n) is 10.0. The topological polar surface area (TPSA) is 90.4 Å². The van der Waals surface area contributed by atoms with Gasteiger partial charge in [0.2, 0.25) is 0 Å². The molecular formula is C12H13N3O3S. The van der Waals surface area contributed by atoms with Gasteiger partial charge in [-0.1, -0.05) is 6.07 Å². The van der Waals surface area contributed by atoms with Crippen LogP contribution in [0.5, 0.6) is 0 Å². The number of rotatable bonds is 6. The van der Waals surface area contributed by atoms with Crippen LogP contribution in [-0.2, 0) is 18.0 Å². The number of hydrogen-bond acceptors (Lipinski definition) is 6. The predicted molar refractivity (Wildman–Crippen MR) is 73.7 cm³/mol. The number of nitrogens with zero attached hydrogens (tertiary/aromatic N) is 1. The van der Waals surface area contributed by atoms with Crippen LogP contribution in [0.15, 0.2) is 35.7 Å². The molecule has 19 heavy (non-hydrogen) atoms. The van der Waals surface area contributed by atoms with E-state index < -0.39 is 4.92 Å². The van der Waals surface area contributed by atoms with E-state index in [1.165, 1.54) is 6.07 Å². The number of benzene rings is 1. The lowest BCUT2D eigenvalue weighted by Gasteiger charge is -2.06. The maximum absolute atomic E-state index is 10.7. The first-order valence-corrected chi connectivity index (χ1v) is 6.42. The van der Waals surface area contributed by atoms with Crippen LogP contribution >= 0.6 is 11.3 Å². The second kappa shape index (κ2) is 6.28. The summed E-state index contributed by atoms with van der Waals surface area (Å²) in [5.41, 5.74) is 3.38. The summed E-state index contributed by atoms with van der Waals surface area (Å²) >= 11 is 1.63. The van der Waals surface area contributed by atoms with Crippen molar-refractivity contribution in [2.75, 3.05) is 5.43 Å². The Hall–Kier alpha value is -1.96. The summed E-state index contributed by atoms with van der Waals surface area (Å²) in [4.78, 5) is 11.4. The largest absolute Gasteiger partial charge is 0.371 e. The fraction of sp³-hybridized carbons (Fsp3) is 0.167. The van der Waals surface area contributed by atoms with E-state index in [-0.39, 0.29) is 11.4 Å². The number of nitro groups is 1. The van der Waals surface area contributed by atoms with Crippen molar-refractivity contribution in [1.29, 1.82) is 0 Å². The van der Waals surface area contributed by atoms with Gasteiger partial charge in [0.15, 0.2) is 0 Å². The van der Waals surface area contributed by atoms with Crippen LogP contribution in [0.4, 0.5) is 11.4 Å². The van der Waals surface area contributed by atoms with Crippen molar-refractivity contribution >= 4 is 22.7 Å². The normalized spacial score (nSPS) is 10.4. The monoisotopic (exact) mass is 279 g/mol. The van der Waals surface area contributed by atoms with Gasteiger partial charge in [0.25, 0.3) is 5.69 Å². The summed E-state index contributed by atoms with van der Waals surface area (Å²) in [5, 5.41) is 12.7. The summed E-state index contributed by atoms with van der Waals surface area (Å²) in [6.07, 6.45) is 0. The van der Waals surface area contributed by atoms with Gasteiger partial charge in [-0.2, -0.15) is 0 Å². The molecule has 0 radical (unpaired) electrons. The number of anilines is 1. The first-order chi connectivity index (χ1) is 9.20. The second-order valence-corrected chi connectivity index (χ2v) is 4.86. The molecule has 0 fully saturated rings. The Bertz CT molecular complexity index is 557. The van der Waals surface area contributed by atoms with Crippen molar-refractivity contribution < 1.29 is 9.66 Å². The number of thiophene rings is 1. The average Bonchev–Trinajstić information content (AvgIpc) is 2.91. The zero-order chi connectivity index (χ0) is 13.7. The first kappa shape index (κ1) is 13.5. The molecule has 0 spiro atoms. The van der Waals surface area contributed by atoms with Gasteiger partial charge >= 0.3 is 0 Å². The minimum Gasteiger partial charge on any atom is -0.371 e. The van der Waals surface area contributed by atoms with Gasteiger partial charge < -0.3 is 10.2 Å². The molecule has 0 atom stereocenters. The summed E-state index contributed by atoms with van der Waals surface area (Å²) in [7, 11) is 0. The van der Waals surface area contributed by atoms with Crippen molar-refractivity contribution in [1.82, 2.24) is 0 Å². The Morgan fingerprint density at radius 3 is 2.84 bits per heavy atom. The van der Waals surface area contributed by atoms with Crippen molar-refractivity contribution in [2.24, 2.45) is 5.84 Å². The maximum Gasteiger partial charge on any atom is 0.293 e. The number of nitrogen functional groups attached to an aromatic ring is 1. The highest BCUT2D eigenvalue weighted by atomic mass is 32.1. The van der Waals surface area contributed by atoms with E-state index in [4.69, 9.17) is 10.6 Å². The van der Waals surface area contributed by atoms with Crippen molar-refractivity contribution in [3.63, 3.8) is 0 Å². The third kappa shape index (κ3) is 3.50. The van der Waals surface area contributed by atoms with Crippen LogP contribution in [0.3, 0.4) is 0 Å². The fourth-order valence-electron chi connectivity index (χ4n) is 1.61. The Morgan fingerprint density at radius 2 is 2.21 bits per heavy atom. The third-order valence-corrected chi connectivity index (χ3v) is 3.36. The summed E-state index contributed by atoms with van der Waals surface area (Å²) in [6, 6.07) is 8.65. The summed E-state index contributed by atoms with van der Waals surface area (Å²) in [5.74, 6) is 5.27. The lowest BCUT2D eigenvalue weighted by Crippen LogP contribution is -2.09. The fourth-order valence-corrected chi connectivity index (χ4v) is 2.25. The third-order valence-electron chi connectivity index (χ3n) is 2.51. The van der Waals surface area contributed by atoms with Crippen molar-refractivity contribution in [3.8, 4) is 0 Å². The van der Waals surface area contributed by atoms with E-state index in [1.54, 1.807) is 23.5 Å². The molecule has 0 bridgehead atoms. The SMILES string of the molecule is NNc1cc(COCc2cccs2)ccc1[N+](=O)[O-]. The molecule has 1 aromatic carbocycles. The van der Waals surface area contributed by atoms with Crippen LogP contribution < -0.4 is 11.3 Å². The average molecular weight is 279 g/mol. The summed E-state index contributed by atoms with van der Waals surface area (Å²) in [6.45, 7) is 0.907. The van der Waals surface area contributed by atoms with E-state index in [1.807, 2.05) is 17.5 Å². The van der Waals surface area contributed by atoms with E-state index in [0.29, 0.717) is 13.2 Å². The minimum atomic E-state index is -0.481. The number of nitrogens with two attached hydrogens (primary N) is 1. The van der Waals surface area contributed by atoms with Gasteiger partial charge in [-0.25, -0.2) is 0 Å². The van der Waals surface area contributed by atoms with Crippen molar-refractivity contribution in [2.45, 2.75) is 13.2 Å². The molecule has 3 N–H and O–H groups in total. The van der Waals surface area contributed by atoms with Gasteiger partial charge in [0.05, 0.1) is 18.1 Å². The predicted octanol–water partition coefficient (Wildman–Crippen LogP) is 2.66. The Balaban J connectivity index is 1.99. The van der Waals surface area contributed by atoms with Crippen molar-refractivity contribution in [3.05, 3.63) is 56.3 Å². The van der Waals surface area contributed by atoms with E-state index >= 15 is 0 Å². The molecule has 2 aromatic rings. The van der Waals surface area contributed by atoms with E-state index in [2.05, 4.69) is 5.43 Å². The van der Waals surface area contributed by atoms with Gasteiger partial charge in [-0.15, -0.1) is 11.3 Å². The van der Waals surface area contributed by atoms with Gasteiger partial charge in [0.1, 0.15) is 5.69 Å². The molecule has 0 aliphatic heterocycles. The lowest BCUT2D eigenvalue weighted by molar-refractivity contribution is -0.384. The number of nitrogens with one attached hydrogen (secondary N) is 1. The highest BCUT2D eigenvalue weighted by molar-refractivity contribution is 7.09. The molecule has 2 rings (SSSR count). The molecule has 1 aromatic heterocycles. The smallest absolute Gasteiger partial charge is 0.293 e. The highest BCUT2D eigenvalue weighted by Gasteiger charge is 2.13. The molecule has 100 valence electrons. The summed E-state index contributed by atoms with van der Waals surface area (Å²) < 4.78 is 5.54. The molecule has 1 heterocycles. The molecule has 0 aliphatic carbocycles. The Morgan fingerprint density at radius 1 is 1.37 bits per heavy atom. The Kier molecular flexibility index (Phi) is 4.45. The van der Waals surface area contributed by atoms with E-state index in [0.717, 1.165) is 10.4 Å². The van der Waals surface area contributed by atoms with Gasteiger partial charge in [-0.05, 0) is 29.1 Å². The number of nitro benzene ring substituents is 1. The minimum absolute atomic E-state index is 0.0514. The Labute approximate surface area is 113 Å². The standard InChI is InChI=1S/C12H13N3O3S/c13-14-11-6-9(3-4-12(11)15(16)17)7-18-8-10-2-1-5-19-10/h1-6,14H,7-8,13H2. The second-order valence-electron chi connectivity index (χ2n) is 3.83. The quantitative estimate of drug-likeness (QED) is 0.482. The number of hydrazine groups is 1. The first-order valence-electron chi connectivity index (χ1n) is 5.55. The van der Waals surface area contributed by atoms with Gasteiger partial charge in [-0.3, -0.25) is 16.0 Å². The van der Waals surface area contributed by atoms with Gasteiger partial charge in [0, 0.05) is 10.9 Å². The van der Waals surface area contributed by atoms with Crippen LogP contribution in [0.2, 0.25) is 0 Å². The molecular weight excluding hydrogens is 266 g/mol. The molecule has 0 aliphatic rings. The number of hydrogen-bond donors (Lipinski definition) is 2. The van der Waals surface area contributed by atoms with Crippen LogP contribution in [-0.4, -0.2) is 4.92 Å². The lowest BCUT2D eigenvalue weighted by atomic mass is 10.2. The van der Waals surface area contributed by atoms with E-state index in [9.17, 15) is 10.1 Å². The van der Waals surface area contributed by atoms with Crippen LogP contribution in [0, 0.1) is 10.1 Å². The van der Waals surface area contributed by atoms with Crippen LogP contribution in [0.1, 0.15) is 10.4 Å². The molecule has 0 amide bonds.